The molecule has 2 heterocycles. The predicted octanol–water partition coefficient (Wildman–Crippen LogP) is 4.85. The van der Waals surface area contributed by atoms with Crippen LogP contribution in [-0.2, 0) is 6.42 Å². The molecule has 4 rings (SSSR count). The van der Waals surface area contributed by atoms with Gasteiger partial charge in [0.2, 0.25) is 5.88 Å². The van der Waals surface area contributed by atoms with Crippen molar-refractivity contribution < 1.29 is 13.5 Å². The second-order valence-electron chi connectivity index (χ2n) is 8.15. The molecule has 0 saturated carbocycles. The molecule has 0 aliphatic carbocycles. The summed E-state index contributed by atoms with van der Waals surface area (Å²) in [7, 11) is 0. The van der Waals surface area contributed by atoms with Crippen LogP contribution in [0.3, 0.4) is 0 Å². The van der Waals surface area contributed by atoms with Gasteiger partial charge in [0, 0.05) is 24.6 Å². The van der Waals surface area contributed by atoms with Crippen LogP contribution in [0.2, 0.25) is 0 Å². The monoisotopic (exact) mass is 449 g/mol. The highest BCUT2D eigenvalue weighted by Gasteiger charge is 2.36. The van der Waals surface area contributed by atoms with Gasteiger partial charge in [0.1, 0.15) is 17.4 Å². The zero-order valence-electron chi connectivity index (χ0n) is 18.4. The molecule has 2 aromatic carbocycles. The van der Waals surface area contributed by atoms with Gasteiger partial charge in [-0.3, -0.25) is 0 Å². The minimum absolute atomic E-state index is 0.120. The molecule has 0 unspecified atom stereocenters. The van der Waals surface area contributed by atoms with Gasteiger partial charge < -0.3 is 15.4 Å². The van der Waals surface area contributed by atoms with Gasteiger partial charge in [-0.1, -0.05) is 24.3 Å². The molecule has 0 bridgehead atoms. The molecule has 8 heteroatoms. The Hall–Kier alpha value is -3.57. The fourth-order valence-corrected chi connectivity index (χ4v) is 3.95. The Balaban J connectivity index is 1.67. The molecule has 2 N–H and O–H groups in total. The van der Waals surface area contributed by atoms with Crippen molar-refractivity contribution in [2.45, 2.75) is 32.1 Å². The van der Waals surface area contributed by atoms with E-state index in [0.29, 0.717) is 42.5 Å². The van der Waals surface area contributed by atoms with Crippen LogP contribution in [0, 0.1) is 18.3 Å². The summed E-state index contributed by atoms with van der Waals surface area (Å²) >= 11 is 0. The van der Waals surface area contributed by atoms with Crippen molar-refractivity contribution in [3.63, 3.8) is 0 Å². The van der Waals surface area contributed by atoms with Crippen molar-refractivity contribution in [3.05, 3.63) is 65.5 Å². The smallest absolute Gasteiger partial charge is 0.265 e. The molecule has 6 nitrogen and oxygen atoms in total. The van der Waals surface area contributed by atoms with E-state index in [9.17, 15) is 14.0 Å². The lowest BCUT2D eigenvalue weighted by molar-refractivity contribution is -0.0118. The van der Waals surface area contributed by atoms with E-state index in [2.05, 4.69) is 16.0 Å². The van der Waals surface area contributed by atoms with Crippen LogP contribution < -0.4 is 15.4 Å². The summed E-state index contributed by atoms with van der Waals surface area (Å²) in [5, 5.41) is 9.37. The van der Waals surface area contributed by atoms with Crippen molar-refractivity contribution in [3.8, 4) is 28.8 Å². The molecule has 0 spiro atoms. The Bertz CT molecular complexity index is 1170. The summed E-state index contributed by atoms with van der Waals surface area (Å²) in [5.41, 5.74) is 8.91. The quantitative estimate of drug-likeness (QED) is 0.579. The average Bonchev–Trinajstić information content (AvgIpc) is 2.79. The van der Waals surface area contributed by atoms with Crippen molar-refractivity contribution in [2.75, 3.05) is 24.5 Å². The van der Waals surface area contributed by atoms with Crippen molar-refractivity contribution in [2.24, 2.45) is 5.73 Å². The molecule has 1 saturated heterocycles. The van der Waals surface area contributed by atoms with E-state index < -0.39 is 5.92 Å². The SMILES string of the molecule is Cc1nc(Oc2cc(C#N)ccc2-c2ccc(CCN)cc2)cc(N2CCCC(F)(F)C2)n1. The highest BCUT2D eigenvalue weighted by atomic mass is 19.3. The largest absolute Gasteiger partial charge is 0.438 e. The predicted molar refractivity (Wildman–Crippen MR) is 123 cm³/mol. The third kappa shape index (κ3) is 5.44. The number of nitriles is 1. The number of hydrogen-bond donors (Lipinski definition) is 1. The van der Waals surface area contributed by atoms with Crippen LogP contribution in [0.25, 0.3) is 11.1 Å². The zero-order valence-corrected chi connectivity index (χ0v) is 18.4. The van der Waals surface area contributed by atoms with Crippen LogP contribution in [0.5, 0.6) is 11.6 Å². The number of nitrogens with zero attached hydrogens (tertiary/aromatic N) is 4. The minimum atomic E-state index is -2.75. The lowest BCUT2D eigenvalue weighted by Gasteiger charge is -2.33. The first-order chi connectivity index (χ1) is 15.9. The first kappa shape index (κ1) is 22.6. The Kier molecular flexibility index (Phi) is 6.52. The molecule has 3 aromatic rings. The lowest BCUT2D eigenvalue weighted by Crippen LogP contribution is -2.43. The molecular formula is C25H25F2N5O. The second-order valence-corrected chi connectivity index (χ2v) is 8.15. The molecule has 1 aromatic heterocycles. The summed E-state index contributed by atoms with van der Waals surface area (Å²) in [5.74, 6) is -1.24. The normalized spacial score (nSPS) is 15.2. The highest BCUT2D eigenvalue weighted by Crippen LogP contribution is 2.36. The molecule has 170 valence electrons. The Labute approximate surface area is 191 Å². The van der Waals surface area contributed by atoms with Gasteiger partial charge >= 0.3 is 0 Å². The first-order valence-corrected chi connectivity index (χ1v) is 10.9. The van der Waals surface area contributed by atoms with Gasteiger partial charge in [0.15, 0.2) is 0 Å². The number of hydrogen-bond acceptors (Lipinski definition) is 6. The van der Waals surface area contributed by atoms with Gasteiger partial charge in [0.25, 0.3) is 5.92 Å². The standard InChI is InChI=1S/C25H25F2N5O/c1-17-30-23(32-12-2-10-25(26,27)16-32)14-24(31-17)33-22-13-19(15-29)5-8-21(22)20-6-3-18(4-7-20)9-11-28/h3-8,13-14H,2,9-12,16,28H2,1H3. The fraction of sp³-hybridized carbons (Fsp3) is 0.320. The maximum absolute atomic E-state index is 13.9. The lowest BCUT2D eigenvalue weighted by atomic mass is 10.0. The van der Waals surface area contributed by atoms with Crippen LogP contribution in [0.15, 0.2) is 48.5 Å². The van der Waals surface area contributed by atoms with Crippen LogP contribution in [0.4, 0.5) is 14.6 Å². The van der Waals surface area contributed by atoms with E-state index in [1.807, 2.05) is 30.3 Å². The van der Waals surface area contributed by atoms with Crippen LogP contribution in [-0.4, -0.2) is 35.5 Å². The van der Waals surface area contributed by atoms with E-state index in [0.717, 1.165) is 23.1 Å². The number of nitrogens with two attached hydrogens (primary N) is 1. The number of ether oxygens (including phenoxy) is 1. The Morgan fingerprint density at radius 3 is 2.64 bits per heavy atom. The third-order valence-corrected chi connectivity index (χ3v) is 5.54. The topological polar surface area (TPSA) is 88.1 Å². The molecule has 0 amide bonds. The molecule has 0 atom stereocenters. The number of halogens is 2. The number of piperidine rings is 1. The van der Waals surface area contributed by atoms with E-state index in [1.165, 1.54) is 0 Å². The molecule has 33 heavy (non-hydrogen) atoms. The van der Waals surface area contributed by atoms with Crippen LogP contribution >= 0.6 is 0 Å². The summed E-state index contributed by atoms with van der Waals surface area (Å²) < 4.78 is 34.0. The zero-order chi connectivity index (χ0) is 23.4. The number of aromatic nitrogens is 2. The maximum Gasteiger partial charge on any atom is 0.265 e. The Morgan fingerprint density at radius 2 is 1.94 bits per heavy atom. The minimum Gasteiger partial charge on any atom is -0.438 e. The van der Waals surface area contributed by atoms with Crippen molar-refractivity contribution in [1.82, 2.24) is 9.97 Å². The van der Waals surface area contributed by atoms with E-state index in [-0.39, 0.29) is 18.8 Å². The van der Waals surface area contributed by atoms with Gasteiger partial charge in [-0.25, -0.2) is 13.8 Å². The number of rotatable bonds is 6. The number of anilines is 1. The van der Waals surface area contributed by atoms with Gasteiger partial charge in [0.05, 0.1) is 18.2 Å². The number of benzene rings is 2. The number of aryl methyl sites for hydroxylation is 1. The first-order valence-electron chi connectivity index (χ1n) is 10.9. The third-order valence-electron chi connectivity index (χ3n) is 5.54. The average molecular weight is 450 g/mol. The molecule has 1 aliphatic heterocycles. The molecular weight excluding hydrogens is 424 g/mol. The van der Waals surface area contributed by atoms with Crippen molar-refractivity contribution >= 4 is 5.82 Å². The fourth-order valence-electron chi connectivity index (χ4n) is 3.95. The van der Waals surface area contributed by atoms with Gasteiger partial charge in [-0.2, -0.15) is 10.2 Å². The second kappa shape index (κ2) is 9.51. The molecule has 1 aliphatic rings. The Morgan fingerprint density at radius 1 is 1.15 bits per heavy atom. The molecule has 1 fully saturated rings. The summed E-state index contributed by atoms with van der Waals surface area (Å²) in [6.45, 7) is 2.38. The van der Waals surface area contributed by atoms with Gasteiger partial charge in [-0.05, 0) is 55.6 Å². The van der Waals surface area contributed by atoms with Crippen LogP contribution in [0.1, 0.15) is 29.8 Å². The van der Waals surface area contributed by atoms with E-state index in [4.69, 9.17) is 10.5 Å². The maximum atomic E-state index is 13.9. The summed E-state index contributed by atoms with van der Waals surface area (Å²) in [6.07, 6.45) is 1.06. The van der Waals surface area contributed by atoms with Gasteiger partial charge in [-0.15, -0.1) is 0 Å². The highest BCUT2D eigenvalue weighted by molar-refractivity contribution is 5.72. The van der Waals surface area contributed by atoms with Crippen molar-refractivity contribution in [1.29, 1.82) is 5.26 Å². The molecule has 0 radical (unpaired) electrons. The summed E-state index contributed by atoms with van der Waals surface area (Å²) in [4.78, 5) is 10.3. The number of alkyl halides is 2. The summed E-state index contributed by atoms with van der Waals surface area (Å²) in [6, 6.07) is 16.9. The van der Waals surface area contributed by atoms with E-state index in [1.54, 1.807) is 30.0 Å². The van der Waals surface area contributed by atoms with E-state index >= 15 is 0 Å².